The van der Waals surface area contributed by atoms with Gasteiger partial charge in [0.1, 0.15) is 0 Å². The fraction of sp³-hybridized carbons (Fsp3) is 0.400. The van der Waals surface area contributed by atoms with Crippen LogP contribution in [0.15, 0.2) is 22.7 Å². The first kappa shape index (κ1) is 16.3. The zero-order valence-electron chi connectivity index (χ0n) is 12.9. The summed E-state index contributed by atoms with van der Waals surface area (Å²) in [6, 6.07) is 4.55. The quantitative estimate of drug-likeness (QED) is 0.686. The van der Waals surface area contributed by atoms with Crippen LogP contribution in [0.1, 0.15) is 55.9 Å². The molecule has 118 valence electrons. The van der Waals surface area contributed by atoms with Crippen LogP contribution in [0.5, 0.6) is 0 Å². The molecule has 2 aromatic rings. The Labute approximate surface area is 133 Å². The van der Waals surface area contributed by atoms with Gasteiger partial charge in [0.2, 0.25) is 0 Å². The Bertz CT molecular complexity index is 692. The van der Waals surface area contributed by atoms with Crippen molar-refractivity contribution in [2.75, 3.05) is 5.73 Å². The summed E-state index contributed by atoms with van der Waals surface area (Å²) in [7, 11) is 0. The van der Waals surface area contributed by atoms with E-state index >= 15 is 0 Å². The molecule has 7 heteroatoms. The molecule has 1 unspecified atom stereocenters. The topological polar surface area (TPSA) is 91.2 Å². The van der Waals surface area contributed by atoms with Gasteiger partial charge >= 0.3 is 5.97 Å². The third-order valence-electron chi connectivity index (χ3n) is 2.98. The van der Waals surface area contributed by atoms with Crippen LogP contribution in [0.4, 0.5) is 5.69 Å². The first-order valence-corrected chi connectivity index (χ1v) is 7.16. The van der Waals surface area contributed by atoms with Crippen LogP contribution in [-0.4, -0.2) is 16.1 Å². The molecule has 0 spiro atoms. The maximum absolute atomic E-state index is 12.1. The van der Waals surface area contributed by atoms with Crippen molar-refractivity contribution < 1.29 is 14.1 Å². The molecule has 1 heterocycles. The molecule has 0 aliphatic carbocycles. The average molecular weight is 324 g/mol. The van der Waals surface area contributed by atoms with E-state index in [1.165, 1.54) is 6.07 Å². The van der Waals surface area contributed by atoms with Gasteiger partial charge in [-0.3, -0.25) is 0 Å². The van der Waals surface area contributed by atoms with Gasteiger partial charge in [-0.15, -0.1) is 0 Å². The summed E-state index contributed by atoms with van der Waals surface area (Å²) in [5.41, 5.74) is 6.06. The highest BCUT2D eigenvalue weighted by atomic mass is 35.5. The highest BCUT2D eigenvalue weighted by molar-refractivity contribution is 6.33. The smallest absolute Gasteiger partial charge is 0.338 e. The molecule has 0 bridgehead atoms. The maximum atomic E-state index is 12.1. The molecule has 0 radical (unpaired) electrons. The number of carbonyl (C=O) groups excluding carboxylic acids is 1. The van der Waals surface area contributed by atoms with Gasteiger partial charge in [-0.1, -0.05) is 37.5 Å². The van der Waals surface area contributed by atoms with Crippen LogP contribution in [0.2, 0.25) is 5.02 Å². The van der Waals surface area contributed by atoms with Gasteiger partial charge in [-0.05, 0) is 25.1 Å². The van der Waals surface area contributed by atoms with E-state index in [2.05, 4.69) is 10.1 Å². The Hall–Kier alpha value is -2.08. The number of hydrogen-bond donors (Lipinski definition) is 1. The van der Waals surface area contributed by atoms with Crippen LogP contribution in [0.25, 0.3) is 0 Å². The van der Waals surface area contributed by atoms with Crippen molar-refractivity contribution in [1.29, 1.82) is 0 Å². The molecular formula is C15H18ClN3O3. The van der Waals surface area contributed by atoms with Crippen LogP contribution >= 0.6 is 11.6 Å². The van der Waals surface area contributed by atoms with E-state index in [0.29, 0.717) is 22.1 Å². The molecule has 1 aromatic carbocycles. The average Bonchev–Trinajstić information content (AvgIpc) is 2.91. The summed E-state index contributed by atoms with van der Waals surface area (Å²) in [4.78, 5) is 16.3. The molecule has 0 fully saturated rings. The molecular weight excluding hydrogens is 306 g/mol. The first-order valence-electron chi connectivity index (χ1n) is 6.78. The molecule has 1 atom stereocenters. The van der Waals surface area contributed by atoms with E-state index in [9.17, 15) is 4.79 Å². The van der Waals surface area contributed by atoms with E-state index in [1.54, 1.807) is 19.1 Å². The second-order valence-corrected chi connectivity index (χ2v) is 6.40. The number of esters is 1. The number of rotatable bonds is 3. The van der Waals surface area contributed by atoms with Crippen molar-refractivity contribution in [3.8, 4) is 0 Å². The Morgan fingerprint density at radius 3 is 2.64 bits per heavy atom. The number of benzene rings is 1. The number of anilines is 1. The second-order valence-electron chi connectivity index (χ2n) is 5.99. The Morgan fingerprint density at radius 2 is 2.09 bits per heavy atom. The SMILES string of the molecule is CC(OC(=O)c1ccc(Cl)c(N)c1)c1nc(C(C)(C)C)no1. The van der Waals surface area contributed by atoms with Gasteiger partial charge in [0.25, 0.3) is 5.89 Å². The Balaban J connectivity index is 2.11. The number of hydrogen-bond acceptors (Lipinski definition) is 6. The fourth-order valence-corrected chi connectivity index (χ4v) is 1.77. The Morgan fingerprint density at radius 1 is 1.41 bits per heavy atom. The van der Waals surface area contributed by atoms with Crippen LogP contribution in [0, 0.1) is 0 Å². The lowest BCUT2D eigenvalue weighted by Gasteiger charge is -2.12. The molecule has 2 N–H and O–H groups in total. The van der Waals surface area contributed by atoms with Crippen molar-refractivity contribution in [2.45, 2.75) is 39.2 Å². The van der Waals surface area contributed by atoms with Gasteiger partial charge in [0, 0.05) is 5.41 Å². The van der Waals surface area contributed by atoms with E-state index in [4.69, 9.17) is 26.6 Å². The molecule has 0 saturated heterocycles. The molecule has 0 aliphatic rings. The van der Waals surface area contributed by atoms with E-state index < -0.39 is 12.1 Å². The number of nitrogen functional groups attached to an aromatic ring is 1. The monoisotopic (exact) mass is 323 g/mol. The van der Waals surface area contributed by atoms with E-state index in [1.807, 2.05) is 20.8 Å². The van der Waals surface area contributed by atoms with Crippen molar-refractivity contribution in [1.82, 2.24) is 10.1 Å². The molecule has 0 aliphatic heterocycles. The van der Waals surface area contributed by atoms with E-state index in [-0.39, 0.29) is 11.3 Å². The summed E-state index contributed by atoms with van der Waals surface area (Å²) in [5.74, 6) is 0.271. The first-order chi connectivity index (χ1) is 10.2. The van der Waals surface area contributed by atoms with E-state index in [0.717, 1.165) is 0 Å². The lowest BCUT2D eigenvalue weighted by molar-refractivity contribution is 0.0265. The van der Waals surface area contributed by atoms with Crippen LogP contribution in [-0.2, 0) is 10.2 Å². The number of halogens is 1. The highest BCUT2D eigenvalue weighted by Crippen LogP contribution is 2.24. The zero-order valence-corrected chi connectivity index (χ0v) is 13.6. The second kappa shape index (κ2) is 5.96. The van der Waals surface area contributed by atoms with Gasteiger partial charge < -0.3 is 15.0 Å². The highest BCUT2D eigenvalue weighted by Gasteiger charge is 2.25. The molecule has 0 amide bonds. The largest absolute Gasteiger partial charge is 0.449 e. The van der Waals surface area contributed by atoms with Crippen molar-refractivity contribution >= 4 is 23.3 Å². The van der Waals surface area contributed by atoms with Crippen LogP contribution in [0.3, 0.4) is 0 Å². The minimum atomic E-state index is -0.659. The Kier molecular flexibility index (Phi) is 4.42. The predicted molar refractivity (Wildman–Crippen MR) is 82.7 cm³/mol. The summed E-state index contributed by atoms with van der Waals surface area (Å²) in [5, 5.41) is 4.28. The van der Waals surface area contributed by atoms with Crippen molar-refractivity contribution in [3.63, 3.8) is 0 Å². The summed E-state index contributed by atoms with van der Waals surface area (Å²) in [6.07, 6.45) is -0.659. The predicted octanol–water partition coefficient (Wildman–Crippen LogP) is 3.52. The van der Waals surface area contributed by atoms with Gasteiger partial charge in [-0.2, -0.15) is 4.98 Å². The standard InChI is InChI=1S/C15H18ClN3O3/c1-8(12-18-14(19-22-12)15(2,3)4)21-13(20)9-5-6-10(16)11(17)7-9/h5-8H,17H2,1-4H3. The maximum Gasteiger partial charge on any atom is 0.338 e. The number of ether oxygens (including phenoxy) is 1. The normalized spacial score (nSPS) is 13.0. The van der Waals surface area contributed by atoms with Crippen molar-refractivity contribution in [2.24, 2.45) is 0 Å². The summed E-state index contributed by atoms with van der Waals surface area (Å²) in [6.45, 7) is 7.57. The minimum Gasteiger partial charge on any atom is -0.449 e. The fourth-order valence-electron chi connectivity index (χ4n) is 1.65. The third kappa shape index (κ3) is 3.57. The molecule has 2 rings (SSSR count). The van der Waals surface area contributed by atoms with Gasteiger partial charge in [-0.25, -0.2) is 4.79 Å². The summed E-state index contributed by atoms with van der Waals surface area (Å²) < 4.78 is 10.5. The zero-order chi connectivity index (χ0) is 16.5. The number of carbonyl (C=O) groups is 1. The number of nitrogens with zero attached hydrogens (tertiary/aromatic N) is 2. The van der Waals surface area contributed by atoms with Crippen LogP contribution < -0.4 is 5.73 Å². The van der Waals surface area contributed by atoms with Gasteiger partial charge in [0.15, 0.2) is 11.9 Å². The van der Waals surface area contributed by atoms with Crippen molar-refractivity contribution in [3.05, 3.63) is 40.5 Å². The third-order valence-corrected chi connectivity index (χ3v) is 3.32. The molecule has 0 saturated carbocycles. The molecule has 22 heavy (non-hydrogen) atoms. The number of nitrogens with two attached hydrogens (primary N) is 1. The minimum absolute atomic E-state index is 0.240. The molecule has 1 aromatic heterocycles. The number of aromatic nitrogens is 2. The lowest BCUT2D eigenvalue weighted by atomic mass is 9.96. The molecule has 6 nitrogen and oxygen atoms in total. The van der Waals surface area contributed by atoms with Gasteiger partial charge in [0.05, 0.1) is 16.3 Å². The summed E-state index contributed by atoms with van der Waals surface area (Å²) >= 11 is 5.82. The lowest BCUT2D eigenvalue weighted by Crippen LogP contribution is -2.14.